The highest BCUT2D eigenvalue weighted by Gasteiger charge is 2.49. The van der Waals surface area contributed by atoms with Gasteiger partial charge in [0.15, 0.2) is 0 Å². The Labute approximate surface area is 116 Å². The number of aryl methyl sites for hydroxylation is 1. The normalized spacial score (nSPS) is 27.9. The summed E-state index contributed by atoms with van der Waals surface area (Å²) in [5.41, 5.74) is 3.39. The van der Waals surface area contributed by atoms with E-state index >= 15 is 0 Å². The second kappa shape index (κ2) is 3.97. The van der Waals surface area contributed by atoms with Crippen LogP contribution in [0.1, 0.15) is 42.9 Å². The van der Waals surface area contributed by atoms with Gasteiger partial charge in [-0.3, -0.25) is 0 Å². The molecule has 2 fully saturated rings. The van der Waals surface area contributed by atoms with Gasteiger partial charge < -0.3 is 10.1 Å². The van der Waals surface area contributed by atoms with E-state index in [1.54, 1.807) is 0 Å². The molecule has 0 aromatic heterocycles. The lowest BCUT2D eigenvalue weighted by Gasteiger charge is -2.24. The Kier molecular flexibility index (Phi) is 2.50. The standard InChI is InChI=1S/C15H18BrNO/c16-11-6-10-2-1-5-18-14(10)12(7-11)13-8-15(3-4-15)9-17-13/h6-7,13,17H,1-5,8-9H2. The summed E-state index contributed by atoms with van der Waals surface area (Å²) in [6, 6.07) is 4.97. The van der Waals surface area contributed by atoms with Gasteiger partial charge in [0.25, 0.3) is 0 Å². The number of benzene rings is 1. The van der Waals surface area contributed by atoms with E-state index in [1.807, 2.05) is 0 Å². The second-order valence-electron chi connectivity index (χ2n) is 6.07. The SMILES string of the molecule is Brc1cc2c(c(C3CC4(CC4)CN3)c1)OCCC2. The van der Waals surface area contributed by atoms with Crippen molar-refractivity contribution >= 4 is 15.9 Å². The van der Waals surface area contributed by atoms with E-state index in [1.165, 1.54) is 47.2 Å². The molecular formula is C15H18BrNO. The molecule has 0 amide bonds. The maximum atomic E-state index is 5.95. The first-order chi connectivity index (χ1) is 8.76. The van der Waals surface area contributed by atoms with Crippen LogP contribution >= 0.6 is 15.9 Å². The summed E-state index contributed by atoms with van der Waals surface area (Å²) in [7, 11) is 0. The molecule has 3 aliphatic rings. The summed E-state index contributed by atoms with van der Waals surface area (Å²) in [6.45, 7) is 2.07. The Morgan fingerprint density at radius 2 is 2.22 bits per heavy atom. The van der Waals surface area contributed by atoms with Gasteiger partial charge in [0.1, 0.15) is 5.75 Å². The maximum absolute atomic E-state index is 5.95. The maximum Gasteiger partial charge on any atom is 0.127 e. The monoisotopic (exact) mass is 307 g/mol. The molecule has 1 N–H and O–H groups in total. The predicted octanol–water partition coefficient (Wildman–Crippen LogP) is 3.59. The van der Waals surface area contributed by atoms with Crippen molar-refractivity contribution in [3.63, 3.8) is 0 Å². The van der Waals surface area contributed by atoms with Gasteiger partial charge in [-0.25, -0.2) is 0 Å². The Bertz CT molecular complexity index is 496. The van der Waals surface area contributed by atoms with Gasteiger partial charge in [-0.15, -0.1) is 0 Å². The van der Waals surface area contributed by atoms with Gasteiger partial charge in [-0.05, 0) is 55.2 Å². The molecule has 1 aromatic carbocycles. The average molecular weight is 308 g/mol. The summed E-state index contributed by atoms with van der Waals surface area (Å²) in [5.74, 6) is 1.17. The largest absolute Gasteiger partial charge is 0.493 e. The zero-order chi connectivity index (χ0) is 12.2. The van der Waals surface area contributed by atoms with Crippen LogP contribution in [-0.4, -0.2) is 13.2 Å². The fourth-order valence-electron chi connectivity index (χ4n) is 3.43. The van der Waals surface area contributed by atoms with Crippen LogP contribution < -0.4 is 10.1 Å². The third kappa shape index (κ3) is 1.79. The number of halogens is 1. The first-order valence-corrected chi connectivity index (χ1v) is 7.74. The third-order valence-electron chi connectivity index (χ3n) is 4.69. The first-order valence-electron chi connectivity index (χ1n) is 6.94. The number of ether oxygens (including phenoxy) is 1. The van der Waals surface area contributed by atoms with Crippen molar-refractivity contribution < 1.29 is 4.74 Å². The van der Waals surface area contributed by atoms with Gasteiger partial charge >= 0.3 is 0 Å². The Balaban J connectivity index is 1.73. The van der Waals surface area contributed by atoms with E-state index in [0.717, 1.165) is 19.4 Å². The van der Waals surface area contributed by atoms with Crippen molar-refractivity contribution in [1.82, 2.24) is 5.32 Å². The molecule has 1 unspecified atom stereocenters. The van der Waals surface area contributed by atoms with Gasteiger partial charge in [0, 0.05) is 22.6 Å². The molecule has 1 aromatic rings. The molecule has 1 spiro atoms. The molecule has 2 heterocycles. The minimum Gasteiger partial charge on any atom is -0.493 e. The van der Waals surface area contributed by atoms with Crippen LogP contribution in [0.2, 0.25) is 0 Å². The predicted molar refractivity (Wildman–Crippen MR) is 75.0 cm³/mol. The quantitative estimate of drug-likeness (QED) is 0.856. The van der Waals surface area contributed by atoms with Gasteiger partial charge in [-0.1, -0.05) is 15.9 Å². The van der Waals surface area contributed by atoms with Crippen molar-refractivity contribution in [2.75, 3.05) is 13.2 Å². The molecule has 4 rings (SSSR count). The minimum absolute atomic E-state index is 0.497. The van der Waals surface area contributed by atoms with Crippen molar-refractivity contribution in [1.29, 1.82) is 0 Å². The van der Waals surface area contributed by atoms with Crippen molar-refractivity contribution in [2.45, 2.75) is 38.1 Å². The lowest BCUT2D eigenvalue weighted by Crippen LogP contribution is -2.17. The van der Waals surface area contributed by atoms with E-state index in [4.69, 9.17) is 4.74 Å². The molecule has 1 saturated carbocycles. The van der Waals surface area contributed by atoms with E-state index in [0.29, 0.717) is 11.5 Å². The molecular weight excluding hydrogens is 290 g/mol. The fourth-order valence-corrected chi connectivity index (χ4v) is 3.95. The van der Waals surface area contributed by atoms with Crippen LogP contribution in [0.4, 0.5) is 0 Å². The summed E-state index contributed by atoms with van der Waals surface area (Å²) < 4.78 is 7.14. The van der Waals surface area contributed by atoms with Gasteiger partial charge in [-0.2, -0.15) is 0 Å². The Hall–Kier alpha value is -0.540. The number of rotatable bonds is 1. The lowest BCUT2D eigenvalue weighted by molar-refractivity contribution is 0.282. The molecule has 3 heteroatoms. The second-order valence-corrected chi connectivity index (χ2v) is 6.99. The zero-order valence-electron chi connectivity index (χ0n) is 10.5. The minimum atomic E-state index is 0.497. The van der Waals surface area contributed by atoms with Crippen LogP contribution in [0.15, 0.2) is 16.6 Å². The summed E-state index contributed by atoms with van der Waals surface area (Å²) in [4.78, 5) is 0. The molecule has 1 atom stereocenters. The van der Waals surface area contributed by atoms with Crippen molar-refractivity contribution in [2.24, 2.45) is 5.41 Å². The molecule has 96 valence electrons. The highest BCUT2D eigenvalue weighted by Crippen LogP contribution is 2.56. The van der Waals surface area contributed by atoms with Crippen LogP contribution in [0, 0.1) is 5.41 Å². The molecule has 2 aliphatic heterocycles. The van der Waals surface area contributed by atoms with Crippen molar-refractivity contribution in [3.05, 3.63) is 27.7 Å². The van der Waals surface area contributed by atoms with Crippen LogP contribution in [0.25, 0.3) is 0 Å². The molecule has 0 radical (unpaired) electrons. The summed E-state index contributed by atoms with van der Waals surface area (Å²) in [5, 5.41) is 3.70. The van der Waals surface area contributed by atoms with Crippen LogP contribution in [0.5, 0.6) is 5.75 Å². The molecule has 18 heavy (non-hydrogen) atoms. The number of nitrogens with one attached hydrogen (secondary N) is 1. The average Bonchev–Trinajstić information content (AvgIpc) is 2.99. The molecule has 1 saturated heterocycles. The molecule has 1 aliphatic carbocycles. The van der Waals surface area contributed by atoms with E-state index in [9.17, 15) is 0 Å². The fraction of sp³-hybridized carbons (Fsp3) is 0.600. The van der Waals surface area contributed by atoms with Crippen LogP contribution in [-0.2, 0) is 6.42 Å². The third-order valence-corrected chi connectivity index (χ3v) is 5.15. The van der Waals surface area contributed by atoms with Gasteiger partial charge in [0.05, 0.1) is 6.61 Å². The number of hydrogen-bond donors (Lipinski definition) is 1. The van der Waals surface area contributed by atoms with Gasteiger partial charge in [0.2, 0.25) is 0 Å². The first kappa shape index (κ1) is 11.3. The molecule has 2 nitrogen and oxygen atoms in total. The Morgan fingerprint density at radius 3 is 3.00 bits per heavy atom. The van der Waals surface area contributed by atoms with E-state index in [-0.39, 0.29) is 0 Å². The highest BCUT2D eigenvalue weighted by atomic mass is 79.9. The smallest absolute Gasteiger partial charge is 0.127 e. The zero-order valence-corrected chi connectivity index (χ0v) is 12.1. The van der Waals surface area contributed by atoms with E-state index in [2.05, 4.69) is 33.4 Å². The van der Waals surface area contributed by atoms with Crippen LogP contribution in [0.3, 0.4) is 0 Å². The highest BCUT2D eigenvalue weighted by molar-refractivity contribution is 9.10. The summed E-state index contributed by atoms with van der Waals surface area (Å²) in [6.07, 6.45) is 6.41. The van der Waals surface area contributed by atoms with E-state index < -0.39 is 0 Å². The topological polar surface area (TPSA) is 21.3 Å². The number of fused-ring (bicyclic) bond motifs is 1. The number of hydrogen-bond acceptors (Lipinski definition) is 2. The lowest BCUT2D eigenvalue weighted by atomic mass is 9.94. The summed E-state index contributed by atoms with van der Waals surface area (Å²) >= 11 is 3.65. The molecule has 0 bridgehead atoms. The Morgan fingerprint density at radius 1 is 1.33 bits per heavy atom. The van der Waals surface area contributed by atoms with Crippen molar-refractivity contribution in [3.8, 4) is 5.75 Å².